The molecule has 1 aromatic heterocycles. The van der Waals surface area contributed by atoms with Crippen molar-refractivity contribution in [3.63, 3.8) is 0 Å². The van der Waals surface area contributed by atoms with E-state index in [4.69, 9.17) is 24.1 Å². The van der Waals surface area contributed by atoms with E-state index in [2.05, 4.69) is 10.3 Å². The van der Waals surface area contributed by atoms with Crippen molar-refractivity contribution in [2.24, 2.45) is 0 Å². The summed E-state index contributed by atoms with van der Waals surface area (Å²) in [5.41, 5.74) is -0.206. The zero-order valence-corrected chi connectivity index (χ0v) is 20.1. The summed E-state index contributed by atoms with van der Waals surface area (Å²) in [6.45, 7) is 2.58. The molecule has 0 radical (unpaired) electrons. The van der Waals surface area contributed by atoms with Crippen LogP contribution in [0.3, 0.4) is 0 Å². The number of halogens is 1. The van der Waals surface area contributed by atoms with Gasteiger partial charge in [-0.15, -0.1) is 0 Å². The predicted molar refractivity (Wildman–Crippen MR) is 129 cm³/mol. The molecule has 4 rings (SSSR count). The molecule has 37 heavy (non-hydrogen) atoms. The Morgan fingerprint density at radius 3 is 2.65 bits per heavy atom. The Bertz CT molecular complexity index is 1310. The lowest BCUT2D eigenvalue weighted by molar-refractivity contribution is -0.152. The smallest absolute Gasteiger partial charge is 0.347 e. The number of nitrogens with zero attached hydrogens (tertiary/aromatic N) is 1. The van der Waals surface area contributed by atoms with Crippen molar-refractivity contribution < 1.29 is 38.0 Å². The molecule has 0 saturated heterocycles. The zero-order valence-electron chi connectivity index (χ0n) is 20.1. The number of aliphatic carboxylic acids is 1. The molecule has 192 valence electrons. The van der Waals surface area contributed by atoms with Gasteiger partial charge in [-0.05, 0) is 37.6 Å². The number of amides is 1. The molecule has 0 fully saturated rings. The van der Waals surface area contributed by atoms with E-state index in [1.54, 1.807) is 6.07 Å². The standard InChI is InChI=1S/C27H25FN2O7/c1-27(2,26(32)33)37-19-11-10-18(21(28)14-19)15-30-24(31)20-9-6-12-29-25(20)36-23-16-34-22(35-23)13-17-7-4-3-5-8-17/h3-12,14,16,22H,13,15H2,1-2H3,(H,30,31)(H,32,33). The van der Waals surface area contributed by atoms with E-state index in [0.29, 0.717) is 6.42 Å². The van der Waals surface area contributed by atoms with Crippen LogP contribution in [0.25, 0.3) is 0 Å². The Morgan fingerprint density at radius 2 is 1.92 bits per heavy atom. The van der Waals surface area contributed by atoms with E-state index in [9.17, 15) is 14.0 Å². The third-order valence-electron chi connectivity index (χ3n) is 5.37. The van der Waals surface area contributed by atoms with Crippen LogP contribution < -0.4 is 14.8 Å². The lowest BCUT2D eigenvalue weighted by Gasteiger charge is -2.21. The molecular formula is C27H25FN2O7. The number of carbonyl (C=O) groups excluding carboxylic acids is 1. The average Bonchev–Trinajstić information content (AvgIpc) is 3.30. The molecule has 2 N–H and O–H groups in total. The molecule has 2 aromatic carbocycles. The number of carboxylic acid groups (broad SMARTS) is 1. The van der Waals surface area contributed by atoms with E-state index >= 15 is 0 Å². The van der Waals surface area contributed by atoms with E-state index < -0.39 is 29.6 Å². The fourth-order valence-corrected chi connectivity index (χ4v) is 3.35. The lowest BCUT2D eigenvalue weighted by Crippen LogP contribution is -2.37. The molecule has 0 spiro atoms. The molecule has 0 saturated carbocycles. The first-order valence-electron chi connectivity index (χ1n) is 11.4. The maximum absolute atomic E-state index is 14.6. The molecule has 9 nitrogen and oxygen atoms in total. The molecule has 1 aliphatic rings. The number of nitrogens with one attached hydrogen (secondary N) is 1. The highest BCUT2D eigenvalue weighted by atomic mass is 19.1. The van der Waals surface area contributed by atoms with Gasteiger partial charge in [-0.1, -0.05) is 36.4 Å². The minimum absolute atomic E-state index is 0.00432. The number of pyridine rings is 1. The highest BCUT2D eigenvalue weighted by molar-refractivity contribution is 5.96. The Morgan fingerprint density at radius 1 is 1.14 bits per heavy atom. The van der Waals surface area contributed by atoms with Gasteiger partial charge in [0.05, 0.1) is 0 Å². The highest BCUT2D eigenvalue weighted by Gasteiger charge is 2.29. The second kappa shape index (κ2) is 11.0. The first kappa shape index (κ1) is 25.5. The monoisotopic (exact) mass is 508 g/mol. The Hall–Kier alpha value is -4.60. The number of carbonyl (C=O) groups is 2. The summed E-state index contributed by atoms with van der Waals surface area (Å²) in [5, 5.41) is 11.8. The van der Waals surface area contributed by atoms with Crippen LogP contribution in [0.4, 0.5) is 4.39 Å². The second-order valence-electron chi connectivity index (χ2n) is 8.62. The molecule has 1 unspecified atom stereocenters. The molecule has 3 aromatic rings. The third-order valence-corrected chi connectivity index (χ3v) is 5.37. The van der Waals surface area contributed by atoms with Crippen LogP contribution in [0.1, 0.15) is 35.3 Å². The SMILES string of the molecule is CC(C)(Oc1ccc(CNC(=O)c2cccnc2OC2=COC(Cc3ccccc3)O2)c(F)c1)C(=O)O. The van der Waals surface area contributed by atoms with Gasteiger partial charge >= 0.3 is 11.9 Å². The van der Waals surface area contributed by atoms with Gasteiger partial charge in [0.15, 0.2) is 11.9 Å². The van der Waals surface area contributed by atoms with Gasteiger partial charge in [-0.3, -0.25) is 4.79 Å². The van der Waals surface area contributed by atoms with Gasteiger partial charge in [0.2, 0.25) is 12.2 Å². The van der Waals surface area contributed by atoms with Gasteiger partial charge < -0.3 is 29.4 Å². The summed E-state index contributed by atoms with van der Waals surface area (Å²) in [5.74, 6) is -2.28. The van der Waals surface area contributed by atoms with Crippen LogP contribution in [0.5, 0.6) is 11.6 Å². The largest absolute Gasteiger partial charge is 0.478 e. The molecule has 10 heteroatoms. The number of carboxylic acids is 1. The maximum atomic E-state index is 14.6. The Balaban J connectivity index is 1.35. The normalized spacial score (nSPS) is 14.7. The highest BCUT2D eigenvalue weighted by Crippen LogP contribution is 2.25. The van der Waals surface area contributed by atoms with Crippen molar-refractivity contribution in [1.29, 1.82) is 0 Å². The molecule has 1 amide bonds. The van der Waals surface area contributed by atoms with Crippen LogP contribution >= 0.6 is 0 Å². The summed E-state index contributed by atoms with van der Waals surface area (Å²) in [7, 11) is 0. The average molecular weight is 509 g/mol. The van der Waals surface area contributed by atoms with E-state index in [1.807, 2.05) is 30.3 Å². The fourth-order valence-electron chi connectivity index (χ4n) is 3.35. The van der Waals surface area contributed by atoms with Crippen LogP contribution in [0, 0.1) is 5.82 Å². The number of hydrogen-bond donors (Lipinski definition) is 2. The quantitative estimate of drug-likeness (QED) is 0.419. The summed E-state index contributed by atoms with van der Waals surface area (Å²) in [4.78, 5) is 28.1. The zero-order chi connectivity index (χ0) is 26.4. The second-order valence-corrected chi connectivity index (χ2v) is 8.62. The van der Waals surface area contributed by atoms with Crippen molar-refractivity contribution in [3.05, 3.63) is 102 Å². The number of aromatic nitrogens is 1. The first-order valence-corrected chi connectivity index (χ1v) is 11.4. The number of hydrogen-bond acceptors (Lipinski definition) is 7. The summed E-state index contributed by atoms with van der Waals surface area (Å²) in [6, 6.07) is 16.6. The minimum atomic E-state index is -1.52. The van der Waals surface area contributed by atoms with Gasteiger partial charge in [0.1, 0.15) is 17.1 Å². The maximum Gasteiger partial charge on any atom is 0.347 e. The lowest BCUT2D eigenvalue weighted by atomic mass is 10.1. The van der Waals surface area contributed by atoms with Crippen molar-refractivity contribution in [2.45, 2.75) is 38.7 Å². The first-order chi connectivity index (χ1) is 17.7. The van der Waals surface area contributed by atoms with Crippen LogP contribution in [0.2, 0.25) is 0 Å². The van der Waals surface area contributed by atoms with Crippen LogP contribution in [0.15, 0.2) is 79.1 Å². The van der Waals surface area contributed by atoms with Crippen LogP contribution in [-0.2, 0) is 27.2 Å². The van der Waals surface area contributed by atoms with E-state index in [0.717, 1.165) is 11.6 Å². The summed E-state index contributed by atoms with van der Waals surface area (Å²) in [6.07, 6.45) is 2.70. The number of ether oxygens (including phenoxy) is 4. The molecule has 0 aliphatic carbocycles. The van der Waals surface area contributed by atoms with E-state index in [-0.39, 0.29) is 35.2 Å². The molecule has 0 bridgehead atoms. The molecule has 1 atom stereocenters. The number of rotatable bonds is 10. The number of benzene rings is 2. The Labute approximate surface area is 212 Å². The minimum Gasteiger partial charge on any atom is -0.478 e. The fraction of sp³-hybridized carbons (Fsp3) is 0.222. The molecule has 1 aliphatic heterocycles. The van der Waals surface area contributed by atoms with Crippen LogP contribution in [-0.4, -0.2) is 33.9 Å². The van der Waals surface area contributed by atoms with E-state index in [1.165, 1.54) is 44.5 Å². The topological polar surface area (TPSA) is 116 Å². The Kier molecular flexibility index (Phi) is 7.57. The predicted octanol–water partition coefficient (Wildman–Crippen LogP) is 4.19. The van der Waals surface area contributed by atoms with Gasteiger partial charge in [0.25, 0.3) is 5.91 Å². The van der Waals surface area contributed by atoms with Crippen molar-refractivity contribution in [3.8, 4) is 11.6 Å². The molecular weight excluding hydrogens is 483 g/mol. The van der Waals surface area contributed by atoms with Gasteiger partial charge in [0, 0.05) is 30.8 Å². The van der Waals surface area contributed by atoms with Gasteiger partial charge in [-0.2, -0.15) is 0 Å². The van der Waals surface area contributed by atoms with Crippen molar-refractivity contribution in [2.75, 3.05) is 0 Å². The van der Waals surface area contributed by atoms with Crippen molar-refractivity contribution >= 4 is 11.9 Å². The van der Waals surface area contributed by atoms with Gasteiger partial charge in [-0.25, -0.2) is 14.2 Å². The summed E-state index contributed by atoms with van der Waals surface area (Å²) < 4.78 is 36.7. The summed E-state index contributed by atoms with van der Waals surface area (Å²) >= 11 is 0. The van der Waals surface area contributed by atoms with Crippen molar-refractivity contribution in [1.82, 2.24) is 10.3 Å². The third kappa shape index (κ3) is 6.54. The molecule has 2 heterocycles.